The van der Waals surface area contributed by atoms with E-state index in [4.69, 9.17) is 20.4 Å². The molecule has 0 aromatic carbocycles. The van der Waals surface area contributed by atoms with Crippen LogP contribution in [0, 0.1) is 0 Å². The van der Waals surface area contributed by atoms with Crippen LogP contribution in [-0.2, 0) is 14.4 Å². The van der Waals surface area contributed by atoms with Gasteiger partial charge in [0.1, 0.15) is 0 Å². The second kappa shape index (κ2) is 15.6. The summed E-state index contributed by atoms with van der Waals surface area (Å²) in [6, 6.07) is 0. The van der Waals surface area contributed by atoms with E-state index in [1.807, 2.05) is 0 Å². The zero-order chi connectivity index (χ0) is 15.8. The highest BCUT2D eigenvalue weighted by Gasteiger charge is 2.00. The summed E-state index contributed by atoms with van der Waals surface area (Å²) in [7, 11) is 0. The summed E-state index contributed by atoms with van der Waals surface area (Å²) in [4.78, 5) is 28.5. The minimum Gasteiger partial charge on any atom is -0.478 e. The first-order valence-electron chi connectivity index (χ1n) is 4.95. The molecule has 0 heterocycles. The smallest absolute Gasteiger partial charge is 0.330 e. The van der Waals surface area contributed by atoms with Gasteiger partial charge in [-0.25, -0.2) is 14.4 Å². The van der Waals surface area contributed by atoms with Gasteiger partial charge in [-0.05, 0) is 12.8 Å². The molecular weight excluding hydrogens is 256 g/mol. The molecule has 0 bridgehead atoms. The van der Waals surface area contributed by atoms with Crippen LogP contribution in [0.2, 0.25) is 0 Å². The molecule has 0 aliphatic carbocycles. The van der Waals surface area contributed by atoms with Crippen molar-refractivity contribution >= 4 is 17.9 Å². The van der Waals surface area contributed by atoms with Crippen LogP contribution in [-0.4, -0.2) is 44.9 Å². The molecule has 0 aliphatic rings. The summed E-state index contributed by atoms with van der Waals surface area (Å²) in [5, 5.41) is 31.7. The first-order chi connectivity index (χ1) is 8.72. The minimum absolute atomic E-state index is 0.0201. The lowest BCUT2D eigenvalue weighted by molar-refractivity contribution is -0.133. The number of hydrogen-bond acceptors (Lipinski definition) is 4. The summed E-state index contributed by atoms with van der Waals surface area (Å²) in [6.45, 7) is 9.22. The Morgan fingerprint density at radius 1 is 0.947 bits per heavy atom. The number of aliphatic carboxylic acids is 3. The van der Waals surface area contributed by atoms with Gasteiger partial charge in [0, 0.05) is 24.3 Å². The van der Waals surface area contributed by atoms with Gasteiger partial charge in [-0.15, -0.1) is 0 Å². The molecule has 0 unspecified atom stereocenters. The van der Waals surface area contributed by atoms with Crippen molar-refractivity contribution in [2.24, 2.45) is 0 Å². The minimum atomic E-state index is -0.983. The molecule has 7 nitrogen and oxygen atoms in total. The molecular formula is C12H18O7. The van der Waals surface area contributed by atoms with Gasteiger partial charge in [0.2, 0.25) is 0 Å². The van der Waals surface area contributed by atoms with Crippen molar-refractivity contribution in [3.63, 3.8) is 0 Å². The molecule has 0 aromatic rings. The topological polar surface area (TPSA) is 132 Å². The molecule has 0 saturated carbocycles. The molecule has 108 valence electrons. The highest BCUT2D eigenvalue weighted by molar-refractivity contribution is 5.85. The standard InChI is InChI=1S/C6H10O3.2C3H4O2/c1-5(6(8)9)3-2-4-7;2*1-2-3(4)5/h7H,1-4H2,(H,8,9);2*2H,1H2,(H,4,5). The van der Waals surface area contributed by atoms with Crippen LogP contribution in [0.3, 0.4) is 0 Å². The van der Waals surface area contributed by atoms with Crippen LogP contribution >= 0.6 is 0 Å². The molecule has 0 aliphatic heterocycles. The maximum atomic E-state index is 10.0. The van der Waals surface area contributed by atoms with E-state index in [1.54, 1.807) is 0 Å². The SMILES string of the molecule is C=C(CCCO)C(=O)O.C=CC(=O)O.C=CC(=O)O. The number of carboxylic acid groups (broad SMARTS) is 3. The van der Waals surface area contributed by atoms with Gasteiger partial charge < -0.3 is 20.4 Å². The van der Waals surface area contributed by atoms with Gasteiger partial charge in [-0.3, -0.25) is 0 Å². The van der Waals surface area contributed by atoms with E-state index in [2.05, 4.69) is 19.7 Å². The van der Waals surface area contributed by atoms with Crippen molar-refractivity contribution in [3.8, 4) is 0 Å². The van der Waals surface area contributed by atoms with Crippen molar-refractivity contribution in [3.05, 3.63) is 37.5 Å². The van der Waals surface area contributed by atoms with Gasteiger partial charge >= 0.3 is 17.9 Å². The Morgan fingerprint density at radius 2 is 1.26 bits per heavy atom. The van der Waals surface area contributed by atoms with E-state index in [-0.39, 0.29) is 12.2 Å². The Hall–Kier alpha value is -2.41. The van der Waals surface area contributed by atoms with E-state index < -0.39 is 17.9 Å². The maximum absolute atomic E-state index is 10.0. The average Bonchev–Trinajstić information content (AvgIpc) is 2.36. The Labute approximate surface area is 110 Å². The van der Waals surface area contributed by atoms with Crippen LogP contribution in [0.25, 0.3) is 0 Å². The number of carbonyl (C=O) groups is 3. The fourth-order valence-corrected chi connectivity index (χ4v) is 0.399. The van der Waals surface area contributed by atoms with Crippen molar-refractivity contribution in [1.82, 2.24) is 0 Å². The first kappa shape index (κ1) is 21.8. The van der Waals surface area contributed by atoms with Gasteiger partial charge in [0.15, 0.2) is 0 Å². The fourth-order valence-electron chi connectivity index (χ4n) is 0.399. The lowest BCUT2D eigenvalue weighted by Gasteiger charge is -1.94. The van der Waals surface area contributed by atoms with Gasteiger partial charge in [-0.2, -0.15) is 0 Å². The third-order valence-electron chi connectivity index (χ3n) is 1.29. The number of aliphatic hydroxyl groups excluding tert-OH is 1. The van der Waals surface area contributed by atoms with Crippen LogP contribution < -0.4 is 0 Å². The zero-order valence-electron chi connectivity index (χ0n) is 10.4. The molecule has 7 heteroatoms. The fraction of sp³-hybridized carbons (Fsp3) is 0.250. The number of aliphatic hydroxyl groups is 1. The number of rotatable bonds is 6. The third kappa shape index (κ3) is 31.3. The van der Waals surface area contributed by atoms with Crippen LogP contribution in [0.1, 0.15) is 12.8 Å². The van der Waals surface area contributed by atoms with Gasteiger partial charge in [0.25, 0.3) is 0 Å². The molecule has 0 spiro atoms. The van der Waals surface area contributed by atoms with Crippen molar-refractivity contribution in [2.75, 3.05) is 6.61 Å². The third-order valence-corrected chi connectivity index (χ3v) is 1.29. The van der Waals surface area contributed by atoms with E-state index in [1.165, 1.54) is 0 Å². The summed E-state index contributed by atoms with van der Waals surface area (Å²) in [5.74, 6) is -2.95. The monoisotopic (exact) mass is 274 g/mol. The second-order valence-electron chi connectivity index (χ2n) is 2.82. The highest BCUT2D eigenvalue weighted by atomic mass is 16.4. The Morgan fingerprint density at radius 3 is 1.42 bits per heavy atom. The molecule has 0 rings (SSSR count). The molecule has 0 radical (unpaired) electrons. The first-order valence-corrected chi connectivity index (χ1v) is 4.95. The van der Waals surface area contributed by atoms with E-state index in [0.29, 0.717) is 12.8 Å². The summed E-state index contributed by atoms with van der Waals surface area (Å²) < 4.78 is 0. The number of carboxylic acids is 3. The average molecular weight is 274 g/mol. The van der Waals surface area contributed by atoms with E-state index in [9.17, 15) is 14.4 Å². The number of hydrogen-bond donors (Lipinski definition) is 4. The van der Waals surface area contributed by atoms with Crippen LogP contribution in [0.5, 0.6) is 0 Å². The summed E-state index contributed by atoms with van der Waals surface area (Å²) in [6.07, 6.45) is 2.51. The largest absolute Gasteiger partial charge is 0.478 e. The van der Waals surface area contributed by atoms with Gasteiger partial charge in [0.05, 0.1) is 0 Å². The highest BCUT2D eigenvalue weighted by Crippen LogP contribution is 2.00. The zero-order valence-corrected chi connectivity index (χ0v) is 10.4. The molecule has 0 amide bonds. The normalized spacial score (nSPS) is 7.63. The predicted molar refractivity (Wildman–Crippen MR) is 68.8 cm³/mol. The van der Waals surface area contributed by atoms with Crippen molar-refractivity contribution in [2.45, 2.75) is 12.8 Å². The lowest BCUT2D eigenvalue weighted by atomic mass is 10.2. The molecule has 19 heavy (non-hydrogen) atoms. The quantitative estimate of drug-likeness (QED) is 0.529. The van der Waals surface area contributed by atoms with E-state index in [0.717, 1.165) is 12.2 Å². The van der Waals surface area contributed by atoms with Crippen molar-refractivity contribution < 1.29 is 34.8 Å². The summed E-state index contributed by atoms with van der Waals surface area (Å²) >= 11 is 0. The molecule has 0 aromatic heterocycles. The molecule has 0 fully saturated rings. The van der Waals surface area contributed by atoms with Crippen LogP contribution in [0.15, 0.2) is 37.5 Å². The molecule has 0 atom stereocenters. The predicted octanol–water partition coefficient (Wildman–Crippen LogP) is 0.914. The maximum Gasteiger partial charge on any atom is 0.330 e. The van der Waals surface area contributed by atoms with Gasteiger partial charge in [-0.1, -0.05) is 19.7 Å². The Kier molecular flexibility index (Phi) is 17.9. The molecule has 0 saturated heterocycles. The van der Waals surface area contributed by atoms with E-state index >= 15 is 0 Å². The summed E-state index contributed by atoms with van der Waals surface area (Å²) in [5.41, 5.74) is 0.157. The Balaban J connectivity index is -0.000000219. The van der Waals surface area contributed by atoms with Crippen LogP contribution in [0.4, 0.5) is 0 Å². The Bertz CT molecular complexity index is 313. The van der Waals surface area contributed by atoms with Crippen molar-refractivity contribution in [1.29, 1.82) is 0 Å². The second-order valence-corrected chi connectivity index (χ2v) is 2.82. The molecule has 4 N–H and O–H groups in total. The lowest BCUT2D eigenvalue weighted by Crippen LogP contribution is -1.99.